The summed E-state index contributed by atoms with van der Waals surface area (Å²) in [6.07, 6.45) is 1.07. The second-order valence-corrected chi connectivity index (χ2v) is 7.02. The van der Waals surface area contributed by atoms with Crippen LogP contribution in [0.3, 0.4) is 0 Å². The van der Waals surface area contributed by atoms with Crippen molar-refractivity contribution in [2.24, 2.45) is 4.99 Å². The van der Waals surface area contributed by atoms with Crippen molar-refractivity contribution in [2.75, 3.05) is 27.9 Å². The van der Waals surface area contributed by atoms with Crippen LogP contribution in [0.2, 0.25) is 0 Å². The van der Waals surface area contributed by atoms with Crippen molar-refractivity contribution in [1.82, 2.24) is 10.6 Å². The Kier molecular flexibility index (Phi) is 11.1. The van der Waals surface area contributed by atoms with Crippen LogP contribution in [0, 0.1) is 0 Å². The number of guanidine groups is 1. The predicted octanol–water partition coefficient (Wildman–Crippen LogP) is 4.21. The van der Waals surface area contributed by atoms with E-state index in [1.54, 1.807) is 21.3 Å². The van der Waals surface area contributed by atoms with Crippen LogP contribution in [0.25, 0.3) is 0 Å². The third-order valence-corrected chi connectivity index (χ3v) is 5.22. The van der Waals surface area contributed by atoms with Crippen LogP contribution in [0.15, 0.2) is 29.3 Å². The van der Waals surface area contributed by atoms with Gasteiger partial charge in [0.25, 0.3) is 0 Å². The molecule has 0 atom stereocenters. The lowest BCUT2D eigenvalue weighted by Crippen LogP contribution is -2.36. The Morgan fingerprint density at radius 2 is 1.61 bits per heavy atom. The van der Waals surface area contributed by atoms with E-state index in [9.17, 15) is 0 Å². The number of ether oxygens (including phenoxy) is 3. The standard InChI is InChI=1S/C20H29N3O3S.HI/c1-6-15-8-9-16(27-15)13-23-20(21-3)22-12-14-10-17(24-4)19(26-7-2)18(11-14)25-5;/h8-11H,6-7,12-13H2,1-5H3,(H2,21,22,23);1H. The van der Waals surface area contributed by atoms with Crippen molar-refractivity contribution in [3.8, 4) is 17.2 Å². The van der Waals surface area contributed by atoms with E-state index in [4.69, 9.17) is 14.2 Å². The van der Waals surface area contributed by atoms with Crippen molar-refractivity contribution in [3.63, 3.8) is 0 Å². The van der Waals surface area contributed by atoms with Gasteiger partial charge >= 0.3 is 0 Å². The Labute approximate surface area is 188 Å². The molecule has 0 fully saturated rings. The second-order valence-electron chi connectivity index (χ2n) is 5.76. The van der Waals surface area contributed by atoms with Gasteiger partial charge in [0.1, 0.15) is 0 Å². The average Bonchev–Trinajstić information content (AvgIpc) is 3.16. The molecule has 0 aliphatic carbocycles. The Balaban J connectivity index is 0.00000392. The van der Waals surface area contributed by atoms with Crippen LogP contribution in [0.1, 0.15) is 29.2 Å². The highest BCUT2D eigenvalue weighted by Crippen LogP contribution is 2.38. The molecular weight excluding hydrogens is 489 g/mol. The molecule has 0 aliphatic heterocycles. The highest BCUT2D eigenvalue weighted by atomic mass is 127. The van der Waals surface area contributed by atoms with Crippen LogP contribution in [0.5, 0.6) is 17.2 Å². The van der Waals surface area contributed by atoms with Gasteiger partial charge in [-0.1, -0.05) is 6.92 Å². The molecule has 0 amide bonds. The van der Waals surface area contributed by atoms with Gasteiger partial charge in [0.05, 0.1) is 27.4 Å². The van der Waals surface area contributed by atoms with Crippen molar-refractivity contribution in [1.29, 1.82) is 0 Å². The van der Waals surface area contributed by atoms with Crippen molar-refractivity contribution in [3.05, 3.63) is 39.6 Å². The number of hydrogen-bond donors (Lipinski definition) is 2. The van der Waals surface area contributed by atoms with Crippen LogP contribution >= 0.6 is 35.3 Å². The van der Waals surface area contributed by atoms with Crippen LogP contribution in [0.4, 0.5) is 0 Å². The Bertz CT molecular complexity index is 740. The number of rotatable bonds is 9. The third kappa shape index (κ3) is 6.73. The molecule has 156 valence electrons. The van der Waals surface area contributed by atoms with Gasteiger partial charge in [0, 0.05) is 23.3 Å². The van der Waals surface area contributed by atoms with E-state index >= 15 is 0 Å². The minimum Gasteiger partial charge on any atom is -0.493 e. The number of aryl methyl sites for hydroxylation is 1. The third-order valence-electron chi connectivity index (χ3n) is 3.99. The fourth-order valence-electron chi connectivity index (χ4n) is 2.61. The minimum atomic E-state index is 0. The average molecular weight is 519 g/mol. The molecule has 0 unspecified atom stereocenters. The molecule has 2 aromatic rings. The maximum atomic E-state index is 5.65. The normalized spacial score (nSPS) is 10.8. The Morgan fingerprint density at radius 3 is 2.11 bits per heavy atom. The molecule has 0 aliphatic rings. The first-order valence-corrected chi connectivity index (χ1v) is 9.86. The first-order chi connectivity index (χ1) is 13.1. The number of hydrogen-bond acceptors (Lipinski definition) is 5. The van der Waals surface area contributed by atoms with E-state index in [2.05, 4.69) is 34.7 Å². The fraction of sp³-hybridized carbons (Fsp3) is 0.450. The summed E-state index contributed by atoms with van der Waals surface area (Å²) < 4.78 is 16.6. The first-order valence-electron chi connectivity index (χ1n) is 9.04. The maximum Gasteiger partial charge on any atom is 0.203 e. The molecule has 28 heavy (non-hydrogen) atoms. The van der Waals surface area contributed by atoms with E-state index < -0.39 is 0 Å². The molecule has 6 nitrogen and oxygen atoms in total. The summed E-state index contributed by atoms with van der Waals surface area (Å²) in [4.78, 5) is 6.97. The van der Waals surface area contributed by atoms with Gasteiger partial charge in [0.15, 0.2) is 17.5 Å². The zero-order valence-electron chi connectivity index (χ0n) is 17.1. The number of halogens is 1. The number of nitrogens with zero attached hydrogens (tertiary/aromatic N) is 1. The zero-order valence-corrected chi connectivity index (χ0v) is 20.3. The van der Waals surface area contributed by atoms with Crippen LogP contribution < -0.4 is 24.8 Å². The quantitative estimate of drug-likeness (QED) is 0.295. The molecule has 2 N–H and O–H groups in total. The smallest absolute Gasteiger partial charge is 0.203 e. The summed E-state index contributed by atoms with van der Waals surface area (Å²) in [7, 11) is 5.02. The largest absolute Gasteiger partial charge is 0.493 e. The van der Waals surface area contributed by atoms with Gasteiger partial charge in [-0.2, -0.15) is 0 Å². The summed E-state index contributed by atoms with van der Waals surface area (Å²) in [5.41, 5.74) is 1.01. The number of nitrogens with one attached hydrogen (secondary N) is 2. The highest BCUT2D eigenvalue weighted by Gasteiger charge is 2.14. The van der Waals surface area contributed by atoms with Gasteiger partial charge < -0.3 is 24.8 Å². The van der Waals surface area contributed by atoms with Gasteiger partial charge in [-0.15, -0.1) is 35.3 Å². The molecule has 1 heterocycles. The van der Waals surface area contributed by atoms with Crippen LogP contribution in [-0.4, -0.2) is 33.8 Å². The minimum absolute atomic E-state index is 0. The van der Waals surface area contributed by atoms with E-state index in [0.29, 0.717) is 30.4 Å². The molecule has 1 aromatic carbocycles. The van der Waals surface area contributed by atoms with Crippen molar-refractivity contribution >= 4 is 41.3 Å². The Hall–Kier alpha value is -1.68. The number of aliphatic imine (C=N–C) groups is 1. The van der Waals surface area contributed by atoms with E-state index in [1.165, 1.54) is 9.75 Å². The summed E-state index contributed by atoms with van der Waals surface area (Å²) in [5, 5.41) is 6.67. The molecule has 0 radical (unpaired) electrons. The predicted molar refractivity (Wildman–Crippen MR) is 127 cm³/mol. The van der Waals surface area contributed by atoms with Gasteiger partial charge in [-0.05, 0) is 43.2 Å². The van der Waals surface area contributed by atoms with E-state index in [-0.39, 0.29) is 24.0 Å². The lowest BCUT2D eigenvalue weighted by molar-refractivity contribution is 0.288. The Morgan fingerprint density at radius 1 is 1.00 bits per heavy atom. The maximum absolute atomic E-state index is 5.65. The molecule has 0 saturated carbocycles. The lowest BCUT2D eigenvalue weighted by Gasteiger charge is -2.16. The first kappa shape index (κ1) is 24.4. The SMILES string of the molecule is CCOc1c(OC)cc(CNC(=NC)NCc2ccc(CC)s2)cc1OC.I. The molecule has 2 rings (SSSR count). The molecule has 8 heteroatoms. The molecule has 1 aromatic heterocycles. The molecule has 0 bridgehead atoms. The summed E-state index contributed by atoms with van der Waals surface area (Å²) in [6.45, 7) is 5.98. The van der Waals surface area contributed by atoms with Gasteiger partial charge in [-0.25, -0.2) is 0 Å². The van der Waals surface area contributed by atoms with E-state index in [1.807, 2.05) is 30.4 Å². The summed E-state index contributed by atoms with van der Waals surface area (Å²) in [6, 6.07) is 8.23. The lowest BCUT2D eigenvalue weighted by atomic mass is 10.2. The number of benzene rings is 1. The number of thiophene rings is 1. The fourth-order valence-corrected chi connectivity index (χ4v) is 3.51. The number of methoxy groups -OCH3 is 2. The van der Waals surface area contributed by atoms with Crippen molar-refractivity contribution < 1.29 is 14.2 Å². The molecular formula is C20H30IN3O3S. The van der Waals surface area contributed by atoms with Gasteiger partial charge in [0.2, 0.25) is 5.75 Å². The molecule has 0 spiro atoms. The second kappa shape index (κ2) is 12.7. The monoisotopic (exact) mass is 519 g/mol. The highest BCUT2D eigenvalue weighted by molar-refractivity contribution is 14.0. The van der Waals surface area contributed by atoms with Crippen molar-refractivity contribution in [2.45, 2.75) is 33.4 Å². The van der Waals surface area contributed by atoms with E-state index in [0.717, 1.165) is 24.5 Å². The molecule has 0 saturated heterocycles. The topological polar surface area (TPSA) is 64.1 Å². The zero-order chi connectivity index (χ0) is 19.6. The summed E-state index contributed by atoms with van der Waals surface area (Å²) >= 11 is 1.82. The van der Waals surface area contributed by atoms with Gasteiger partial charge in [-0.3, -0.25) is 4.99 Å². The van der Waals surface area contributed by atoms with Crippen LogP contribution in [-0.2, 0) is 19.5 Å². The summed E-state index contributed by atoms with van der Waals surface area (Å²) in [5.74, 6) is 2.68.